The highest BCUT2D eigenvalue weighted by atomic mass is 32.2. The average molecular weight is 459 g/mol. The van der Waals surface area contributed by atoms with Gasteiger partial charge in [0.05, 0.1) is 14.5 Å². The Morgan fingerprint density at radius 2 is 1.80 bits per heavy atom. The van der Waals surface area contributed by atoms with E-state index in [9.17, 15) is 8.42 Å². The molecule has 1 fully saturated rings. The summed E-state index contributed by atoms with van der Waals surface area (Å²) < 4.78 is 153. The van der Waals surface area contributed by atoms with Gasteiger partial charge in [-0.15, -0.1) is 0 Å². The van der Waals surface area contributed by atoms with Gasteiger partial charge in [-0.1, -0.05) is 36.0 Å². The Labute approximate surface area is 205 Å². The fourth-order valence-electron chi connectivity index (χ4n) is 2.73. The molecule has 5 nitrogen and oxygen atoms in total. The fraction of sp³-hybridized carbons (Fsp3) is 0.391. The minimum Gasteiger partial charge on any atom is -0.304 e. The molecule has 0 aromatic heterocycles. The average Bonchev–Trinajstić information content (AvgIpc) is 2.93. The second kappa shape index (κ2) is 8.85. The summed E-state index contributed by atoms with van der Waals surface area (Å²) in [4.78, 5) is -0.315. The summed E-state index contributed by atoms with van der Waals surface area (Å²) in [5, 5.41) is 0. The van der Waals surface area contributed by atoms with Crippen molar-refractivity contribution in [2.45, 2.75) is 21.1 Å². The molecule has 0 aliphatic carbocycles. The number of fused-ring (bicyclic) bond motifs is 2. The Morgan fingerprint density at radius 3 is 2.53 bits per heavy atom. The molecule has 0 atom stereocenters. The van der Waals surface area contributed by atoms with Crippen molar-refractivity contribution in [1.82, 2.24) is 14.1 Å². The van der Waals surface area contributed by atoms with Crippen LogP contribution in [0.25, 0.3) is 5.57 Å². The zero-order chi connectivity index (χ0) is 34.6. The lowest BCUT2D eigenvalue weighted by molar-refractivity contribution is 0.156. The summed E-state index contributed by atoms with van der Waals surface area (Å²) in [6.45, 7) is -12.9. The van der Waals surface area contributed by atoms with Crippen LogP contribution in [0.3, 0.4) is 0 Å². The molecule has 4 rings (SSSR count). The lowest BCUT2D eigenvalue weighted by atomic mass is 9.96. The number of rotatable bonds is 5. The molecule has 2 aromatic rings. The maximum absolute atomic E-state index is 13.2. The van der Waals surface area contributed by atoms with E-state index in [1.165, 1.54) is 20.2 Å². The molecule has 0 radical (unpaired) electrons. The van der Waals surface area contributed by atoms with Crippen LogP contribution in [-0.2, 0) is 10.0 Å². The van der Waals surface area contributed by atoms with Gasteiger partial charge in [0, 0.05) is 67.4 Å². The molecule has 0 N–H and O–H groups in total. The topological polar surface area (TPSA) is 43.9 Å². The highest BCUT2D eigenvalue weighted by molar-refractivity contribution is 7.99. The summed E-state index contributed by atoms with van der Waals surface area (Å²) >= 11 is 0.671. The van der Waals surface area contributed by atoms with Gasteiger partial charge in [-0.2, -0.15) is 0 Å². The molecule has 0 bridgehead atoms. The molecule has 2 aliphatic rings. The predicted molar refractivity (Wildman–Crippen MR) is 124 cm³/mol. The second-order valence-electron chi connectivity index (χ2n) is 6.57. The monoisotopic (exact) mass is 458 g/mol. The van der Waals surface area contributed by atoms with Crippen LogP contribution in [-0.4, -0.2) is 76.2 Å². The van der Waals surface area contributed by atoms with E-state index in [4.69, 9.17) is 20.6 Å². The number of likely N-dealkylation sites (N-methyl/N-ethyl adjacent to an activating group) is 1. The van der Waals surface area contributed by atoms with E-state index in [1.807, 2.05) is 0 Å². The molecule has 2 aromatic carbocycles. The lowest BCUT2D eigenvalue weighted by Gasteiger charge is -2.32. The first kappa shape index (κ1) is 9.88. The van der Waals surface area contributed by atoms with E-state index in [0.717, 1.165) is 11.4 Å². The first-order valence-electron chi connectivity index (χ1n) is 16.4. The van der Waals surface area contributed by atoms with Gasteiger partial charge in [-0.25, -0.2) is 12.7 Å². The molecular formula is C23H29N3O2S2. The van der Waals surface area contributed by atoms with Gasteiger partial charge in [-0.05, 0) is 54.3 Å². The van der Waals surface area contributed by atoms with Gasteiger partial charge >= 0.3 is 0 Å². The van der Waals surface area contributed by atoms with Crippen LogP contribution < -0.4 is 0 Å². The second-order valence-corrected chi connectivity index (χ2v) is 9.68. The van der Waals surface area contributed by atoms with Gasteiger partial charge < -0.3 is 9.80 Å². The summed E-state index contributed by atoms with van der Waals surface area (Å²) in [6.07, 6.45) is 0.836. The van der Waals surface area contributed by atoms with Crippen molar-refractivity contribution in [3.8, 4) is 0 Å². The molecule has 2 heterocycles. The normalized spacial score (nSPS) is 33.1. The quantitative estimate of drug-likeness (QED) is 0.586. The zero-order valence-corrected chi connectivity index (χ0v) is 18.1. The van der Waals surface area contributed by atoms with Crippen LogP contribution in [0.4, 0.5) is 0 Å². The van der Waals surface area contributed by atoms with Gasteiger partial charge in [-0.3, -0.25) is 0 Å². The fourth-order valence-corrected chi connectivity index (χ4v) is 4.44. The molecular weight excluding hydrogens is 414 g/mol. The Morgan fingerprint density at radius 1 is 1.10 bits per heavy atom. The summed E-state index contributed by atoms with van der Waals surface area (Å²) in [6, 6.07) is -4.47. The highest BCUT2D eigenvalue weighted by Gasteiger charge is 2.25. The van der Waals surface area contributed by atoms with Crippen LogP contribution in [0.2, 0.25) is 0 Å². The van der Waals surface area contributed by atoms with Gasteiger partial charge in [0.25, 0.3) is 0 Å². The van der Waals surface area contributed by atoms with Crippen molar-refractivity contribution in [1.29, 1.82) is 0 Å². The first-order chi connectivity index (χ1) is 20.3. The summed E-state index contributed by atoms with van der Waals surface area (Å²) in [5.74, 6) is 0. The van der Waals surface area contributed by atoms with E-state index < -0.39 is 96.2 Å². The number of hydrogen-bond acceptors (Lipinski definition) is 5. The predicted octanol–water partition coefficient (Wildman–Crippen LogP) is 3.47. The Balaban J connectivity index is 2.00. The third-order valence-corrected chi connectivity index (χ3v) is 7.00. The van der Waals surface area contributed by atoms with E-state index >= 15 is 0 Å². The minimum absolute atomic E-state index is 0.0757. The van der Waals surface area contributed by atoms with E-state index in [0.29, 0.717) is 21.6 Å². The van der Waals surface area contributed by atoms with Gasteiger partial charge in [0.15, 0.2) is 0 Å². The molecule has 1 saturated heterocycles. The van der Waals surface area contributed by atoms with Crippen LogP contribution in [0.15, 0.2) is 63.1 Å². The van der Waals surface area contributed by atoms with E-state index in [-0.39, 0.29) is 26.5 Å². The maximum atomic E-state index is 13.2. The molecule has 7 heteroatoms. The summed E-state index contributed by atoms with van der Waals surface area (Å²) in [7, 11) is -1.21. The van der Waals surface area contributed by atoms with Crippen LogP contribution >= 0.6 is 11.8 Å². The van der Waals surface area contributed by atoms with E-state index in [2.05, 4.69) is 0 Å². The molecule has 160 valence electrons. The summed E-state index contributed by atoms with van der Waals surface area (Å²) in [5.41, 5.74) is -0.554. The molecule has 0 unspecified atom stereocenters. The van der Waals surface area contributed by atoms with Crippen molar-refractivity contribution in [3.63, 3.8) is 0 Å². The van der Waals surface area contributed by atoms with Gasteiger partial charge in [0.2, 0.25) is 10.0 Å². The lowest BCUT2D eigenvalue weighted by Crippen LogP contribution is -2.44. The third kappa shape index (κ3) is 4.36. The van der Waals surface area contributed by atoms with Crippen molar-refractivity contribution in [3.05, 3.63) is 59.5 Å². The van der Waals surface area contributed by atoms with Crippen LogP contribution in [0, 0.1) is 0 Å². The largest absolute Gasteiger partial charge is 0.304 e. The SMILES string of the molecule is [2H]c1c([2H])c([2H])c2c(c1[2H])Sc1c([2H])c([2H])c(S(=O)(=O)N(C)C)c([2H])c1/C2=C\CCN1C([2H])([2H])C([2H])([2H])N(C)C([2H])([2H])C1([2H])[2H]. The van der Waals surface area contributed by atoms with Crippen LogP contribution in [0.5, 0.6) is 0 Å². The Kier molecular flexibility index (Phi) is 2.91. The number of sulfonamides is 1. The third-order valence-electron chi connectivity index (χ3n) is 4.30. The zero-order valence-electron chi connectivity index (χ0n) is 31.5. The van der Waals surface area contributed by atoms with Gasteiger partial charge in [0.1, 0.15) is 0 Å². The molecule has 0 spiro atoms. The van der Waals surface area contributed by atoms with Crippen LogP contribution in [0.1, 0.15) is 38.1 Å². The highest BCUT2D eigenvalue weighted by Crippen LogP contribution is 2.46. The standard InChI is InChI=1S/C23H29N3O2S2/c1-24(2)30(27,28)18-10-11-23-21(17-18)19(20-7-4-5-9-22(20)29-23)8-6-12-26-15-13-25(3)14-16-26/h4-5,7-11,17H,6,12-16H2,1-3H3/b19-8-/i4D,5D,7D,9D,10D,11D,13D2,14D2,15D2,16D2,17D. The minimum atomic E-state index is -4.47. The Hall–Kier alpha value is -1.64. The van der Waals surface area contributed by atoms with Crippen molar-refractivity contribution >= 4 is 27.4 Å². The molecule has 0 amide bonds. The van der Waals surface area contributed by atoms with E-state index in [1.54, 1.807) is 0 Å². The Bertz CT molecular complexity index is 1720. The smallest absolute Gasteiger partial charge is 0.242 e. The number of nitrogens with zero attached hydrogens (tertiary/aromatic N) is 3. The maximum Gasteiger partial charge on any atom is 0.242 e. The first-order valence-corrected chi connectivity index (χ1v) is 11.1. The molecule has 0 saturated carbocycles. The van der Waals surface area contributed by atoms with Crippen molar-refractivity contribution in [2.24, 2.45) is 0 Å². The molecule has 2 aliphatic heterocycles. The number of piperazine rings is 1. The number of benzene rings is 2. The number of hydrogen-bond donors (Lipinski definition) is 0. The van der Waals surface area contributed by atoms with Crippen molar-refractivity contribution in [2.75, 3.05) is 53.7 Å². The molecule has 30 heavy (non-hydrogen) atoms. The van der Waals surface area contributed by atoms with Crippen molar-refractivity contribution < 1.29 is 29.0 Å².